The van der Waals surface area contributed by atoms with E-state index in [4.69, 9.17) is 37.9 Å². The van der Waals surface area contributed by atoms with Gasteiger partial charge in [-0.1, -0.05) is 89.8 Å². The Bertz CT molecular complexity index is 5500. The number of hydrogen-bond donors (Lipinski definition) is 7. The SMILES string of the molecule is C.C.C=CCCCCC[C@H](NC(=O)OC(C)(C)C)C(=O)N1C[C@H](c2nnn(-c3ccc(OC)cc3)n2)C[C@H]1C(=O)N[C@]1(C(=O)OCC)C[C@H]1C=C.CCOC(=O)[C@@]12C[C@H]1/C=C\CCCCC[C@H](NC(=O)OC(C)(C)C)C(=O)N1C[C@H](c3nnn(-c4ccc(OC)cc4)n3)C[C@H]1C(=O)N2.COc1ccc(-n2nnc([C@@H]3C[C@H]4C(=O)N[C@]5(C(=O)O)C[C@H]5/C=C\CCCCC[C@H](NC(=O)OC(C)(C)C)C(=O)N4C3)n2)cc1.F. The van der Waals surface area contributed by atoms with Crippen molar-refractivity contribution in [1.29, 1.82) is 0 Å². The number of aromatic nitrogens is 12. The molecular formula is C101H144FN21O21. The Balaban J connectivity index is 0.000000238. The predicted octanol–water partition coefficient (Wildman–Crippen LogP) is 11.4. The molecule has 0 radical (unpaired) electrons. The molecule has 3 aliphatic carbocycles. The van der Waals surface area contributed by atoms with E-state index < -0.39 is 159 Å². The van der Waals surface area contributed by atoms with Crippen LogP contribution in [0.25, 0.3) is 17.1 Å². The van der Waals surface area contributed by atoms with Crippen LogP contribution < -0.4 is 46.1 Å². The first-order chi connectivity index (χ1) is 67.2. The molecular weight excluding hydrogens is 1860 g/mol. The number of esters is 2. The summed E-state index contributed by atoms with van der Waals surface area (Å²) in [5.41, 5.74) is -4.22. The number of ether oxygens (including phenoxy) is 8. The number of amides is 9. The highest BCUT2D eigenvalue weighted by molar-refractivity contribution is 5.99. The lowest BCUT2D eigenvalue weighted by Gasteiger charge is -2.30. The van der Waals surface area contributed by atoms with Crippen molar-refractivity contribution in [3.8, 4) is 34.3 Å². The van der Waals surface area contributed by atoms with Gasteiger partial charge in [0.15, 0.2) is 17.5 Å². The van der Waals surface area contributed by atoms with Gasteiger partial charge in [0.25, 0.3) is 0 Å². The third-order valence-electron chi connectivity index (χ3n) is 25.8. The van der Waals surface area contributed by atoms with Crippen molar-refractivity contribution >= 4 is 71.6 Å². The van der Waals surface area contributed by atoms with E-state index >= 15 is 0 Å². The van der Waals surface area contributed by atoms with Crippen LogP contribution in [0.1, 0.15) is 261 Å². The molecule has 144 heavy (non-hydrogen) atoms. The summed E-state index contributed by atoms with van der Waals surface area (Å²) in [6, 6.07) is 15.6. The third-order valence-corrected chi connectivity index (χ3v) is 25.8. The Labute approximate surface area is 839 Å². The molecule has 42 nitrogen and oxygen atoms in total. The lowest BCUT2D eigenvalue weighted by Crippen LogP contribution is -2.56. The smallest absolute Gasteiger partial charge is 0.408 e. The number of hydrogen-bond acceptors (Lipinski definition) is 29. The molecule has 6 aromatic rings. The third kappa shape index (κ3) is 29.1. The van der Waals surface area contributed by atoms with E-state index in [2.05, 4.69) is 91.3 Å². The lowest BCUT2D eigenvalue weighted by atomic mass is 10.0. The van der Waals surface area contributed by atoms with E-state index in [1.54, 1.807) is 176 Å². The highest BCUT2D eigenvalue weighted by atomic mass is 19.0. The molecule has 3 aromatic heterocycles. The summed E-state index contributed by atoms with van der Waals surface area (Å²) in [5, 5.41) is 66.0. The zero-order chi connectivity index (χ0) is 102. The number of tetrazole rings is 3. The van der Waals surface area contributed by atoms with E-state index in [1.165, 1.54) is 29.1 Å². The predicted molar refractivity (Wildman–Crippen MR) is 527 cm³/mol. The van der Waals surface area contributed by atoms with Gasteiger partial charge in [-0.25, -0.2) is 28.8 Å². The highest BCUT2D eigenvalue weighted by Crippen LogP contribution is 2.49. The molecule has 0 spiro atoms. The monoisotopic (exact) mass is 2010 g/mol. The number of fused-ring (bicyclic) bond motifs is 4. The summed E-state index contributed by atoms with van der Waals surface area (Å²) < 4.78 is 42.8. The molecule has 786 valence electrons. The van der Waals surface area contributed by atoms with E-state index in [1.807, 2.05) is 30.4 Å². The van der Waals surface area contributed by atoms with Gasteiger partial charge >= 0.3 is 36.2 Å². The van der Waals surface area contributed by atoms with Crippen LogP contribution in [0.15, 0.2) is 122 Å². The van der Waals surface area contributed by atoms with Crippen LogP contribution in [0.3, 0.4) is 0 Å². The van der Waals surface area contributed by atoms with Gasteiger partial charge in [0.1, 0.15) is 86.9 Å². The standard InChI is InChI=1S/C35H49N7O7.C33H45N7O7.C31H41N7O7.2CH4.FH/c1-8-11-12-13-14-15-27(36-33(46)49-34(4,5)6)31(44)41-22-23(29-38-40-42(39-29)25-16-18-26(47-7)19-17-25)20-28(41)30(43)37-35(21-24(35)9-2)32(45)48-10-3;1-6-46-30(43)33-19-22(33)12-10-8-7-9-11-13-25(34-31(44)47-32(2,3)4)29(42)39-20-21(18-26(39)28(41)35-33)27-36-38-40(37-27)23-14-16-24(45-5)17-15-23;1-30(2,3)45-29(43)32-23-11-9-7-5-6-8-10-20-17-31(20,28(41)42)33-26(39)24-16-19(18-37(24)27(23)40)25-34-36-38(35-25)21-12-14-22(44-4)15-13-21;;;/h8-9,16-19,23-24,27-28H,1-2,10-15,20-22H2,3-7H3,(H,36,46)(H,37,43);10,12,14-17,21-22,25-26H,6-9,11,13,18-20H2,1-5H3,(H,34,44)(H,35,41);8,10,12-15,19-20,23-24H,5-7,9,11,16-18H2,1-4H3,(H,32,43)(H,33,39)(H,41,42);2*1H4;1H/b;12-10-;10-8-;;;/t23-,24-,27+,28+,35-;21-,22-,25+,26+,33-;19-,20-,23+,24+,31-;;;/m111.../s1. The Morgan fingerprint density at radius 1 is 0.528 bits per heavy atom. The fourth-order valence-electron chi connectivity index (χ4n) is 18.2. The summed E-state index contributed by atoms with van der Waals surface area (Å²) in [6.07, 6.45) is 21.2. The molecule has 9 amide bonds. The number of benzene rings is 3. The second-order valence-corrected chi connectivity index (χ2v) is 39.7. The molecule has 0 bridgehead atoms. The molecule has 5 aliphatic heterocycles. The van der Waals surface area contributed by atoms with Gasteiger partial charge in [0.2, 0.25) is 35.4 Å². The minimum absolute atomic E-state index is 0. The molecule has 8 heterocycles. The molecule has 8 aliphatic rings. The number of halogens is 1. The van der Waals surface area contributed by atoms with E-state index in [-0.39, 0.29) is 95.8 Å². The van der Waals surface area contributed by atoms with E-state index in [0.717, 1.165) is 57.8 Å². The molecule has 3 saturated carbocycles. The first-order valence-electron chi connectivity index (χ1n) is 48.5. The fourth-order valence-corrected chi connectivity index (χ4v) is 18.2. The van der Waals surface area contributed by atoms with Crippen molar-refractivity contribution in [1.82, 2.24) is 107 Å². The number of carbonyl (C=O) groups excluding carboxylic acids is 11. The van der Waals surface area contributed by atoms with Crippen molar-refractivity contribution < 1.29 is 105 Å². The quantitative estimate of drug-likeness (QED) is 0.0109. The number of nitrogens with one attached hydrogen (secondary N) is 6. The molecule has 43 heteroatoms. The van der Waals surface area contributed by atoms with E-state index in [9.17, 15) is 62.6 Å². The van der Waals surface area contributed by atoms with Crippen molar-refractivity contribution in [2.24, 2.45) is 17.8 Å². The number of likely N-dealkylation sites (tertiary alicyclic amines) is 1. The van der Waals surface area contributed by atoms with Gasteiger partial charge in [0, 0.05) is 55.1 Å². The number of allylic oxidation sites excluding steroid dienone is 3. The van der Waals surface area contributed by atoms with Crippen LogP contribution in [0.2, 0.25) is 0 Å². The van der Waals surface area contributed by atoms with Crippen molar-refractivity contribution in [3.63, 3.8) is 0 Å². The molecule has 3 aromatic carbocycles. The number of carbonyl (C=O) groups is 12. The molecule has 7 N–H and O–H groups in total. The average molecular weight is 2010 g/mol. The summed E-state index contributed by atoms with van der Waals surface area (Å²) in [7, 11) is 4.73. The summed E-state index contributed by atoms with van der Waals surface area (Å²) in [4.78, 5) is 170. The number of aliphatic carboxylic acids is 1. The Kier molecular flexibility index (Phi) is 39.5. The number of rotatable bonds is 27. The first kappa shape index (κ1) is 114. The van der Waals surface area contributed by atoms with Gasteiger partial charge in [-0.3, -0.25) is 33.5 Å². The van der Waals surface area contributed by atoms with Gasteiger partial charge in [-0.15, -0.1) is 58.1 Å². The second-order valence-electron chi connectivity index (χ2n) is 39.7. The second kappa shape index (κ2) is 49.9. The maximum atomic E-state index is 14.4. The topological polar surface area (TPSA) is 512 Å². The Morgan fingerprint density at radius 2 is 0.938 bits per heavy atom. The van der Waals surface area contributed by atoms with Gasteiger partial charge in [-0.05, 0) is 261 Å². The van der Waals surface area contributed by atoms with E-state index in [0.29, 0.717) is 103 Å². The number of carboxylic acids is 1. The Hall–Kier alpha value is -13.8. The van der Waals surface area contributed by atoms with Crippen LogP contribution in [0.4, 0.5) is 19.1 Å². The van der Waals surface area contributed by atoms with Gasteiger partial charge in [-0.2, -0.15) is 0 Å². The van der Waals surface area contributed by atoms with Crippen LogP contribution in [0, 0.1) is 17.8 Å². The average Bonchev–Trinajstić information content (AvgIpc) is 1.58. The number of methoxy groups -OCH3 is 3. The first-order valence-corrected chi connectivity index (χ1v) is 48.5. The highest BCUT2D eigenvalue weighted by Gasteiger charge is 2.65. The van der Waals surface area contributed by atoms with Crippen molar-refractivity contribution in [2.75, 3.05) is 54.2 Å². The minimum atomic E-state index is -1.43. The maximum absolute atomic E-state index is 14.4. The lowest BCUT2D eigenvalue weighted by molar-refractivity contribution is -0.150. The number of alkyl carbamates (subject to hydrolysis) is 3. The van der Waals surface area contributed by atoms with Crippen LogP contribution in [-0.2, 0) is 66.8 Å². The van der Waals surface area contributed by atoms with Crippen LogP contribution >= 0.6 is 0 Å². The zero-order valence-electron chi connectivity index (χ0n) is 83.3. The van der Waals surface area contributed by atoms with Gasteiger partial charge in [0.05, 0.1) is 51.6 Å². The Morgan fingerprint density at radius 3 is 1.34 bits per heavy atom. The number of nitrogens with zero attached hydrogens (tertiary/aromatic N) is 15. The summed E-state index contributed by atoms with van der Waals surface area (Å²) in [6.45, 7) is 27.3. The molecule has 15 atom stereocenters. The number of unbranched alkanes of at least 4 members (excludes halogenated alkanes) is 3. The summed E-state index contributed by atoms with van der Waals surface area (Å²) >= 11 is 0. The number of carboxylic acid groups (broad SMARTS) is 1. The molecule has 0 unspecified atom stereocenters. The zero-order valence-corrected chi connectivity index (χ0v) is 83.3. The largest absolute Gasteiger partial charge is 0.497 e. The molecule has 6 fully saturated rings. The van der Waals surface area contributed by atoms with Crippen molar-refractivity contribution in [3.05, 3.63) is 140 Å². The molecule has 3 saturated heterocycles. The fraction of sp³-hybridized carbons (Fsp3) is 0.594. The summed E-state index contributed by atoms with van der Waals surface area (Å²) in [5.74, 6) is -4.14. The maximum Gasteiger partial charge on any atom is 0.408 e. The van der Waals surface area contributed by atoms with Crippen LogP contribution in [-0.4, -0.2) is 276 Å². The normalized spacial score (nSPS) is 25.2. The van der Waals surface area contributed by atoms with Crippen molar-refractivity contribution in [2.45, 2.75) is 313 Å². The molecule has 14 rings (SSSR count). The van der Waals surface area contributed by atoms with Gasteiger partial charge < -0.3 is 89.6 Å². The minimum Gasteiger partial charge on any atom is -0.497 e. The van der Waals surface area contributed by atoms with Crippen LogP contribution in [0.5, 0.6) is 17.2 Å².